The van der Waals surface area contributed by atoms with Crippen LogP contribution in [0.4, 0.5) is 17.5 Å². The van der Waals surface area contributed by atoms with Crippen molar-refractivity contribution in [2.75, 3.05) is 15.1 Å². The van der Waals surface area contributed by atoms with Gasteiger partial charge in [0, 0.05) is 64.5 Å². The first-order valence-electron chi connectivity index (χ1n) is 22.2. The maximum absolute atomic E-state index is 12.8. The van der Waals surface area contributed by atoms with E-state index < -0.39 is 10.8 Å². The number of alkyl halides is 1. The SMILES string of the molecule is BrC1CCC1.Brc1ccc(OC2CCC2)cn1.CC1(C)C(=O)N(C2CC(N)C2)c2nccnc21.CC1(C)C(=O)N(C2CC(Nc3ccc(Br)cn3)C2)c2nccnc21.Oc1ccc(Br)nc1. The maximum atomic E-state index is 12.8. The van der Waals surface area contributed by atoms with Gasteiger partial charge in [0.25, 0.3) is 0 Å². The van der Waals surface area contributed by atoms with Crippen molar-refractivity contribution >= 4 is 93.0 Å². The molecule has 66 heavy (non-hydrogen) atoms. The van der Waals surface area contributed by atoms with Crippen LogP contribution in [0.2, 0.25) is 0 Å². The number of halogens is 4. The van der Waals surface area contributed by atoms with Gasteiger partial charge in [-0.05, 0) is 170 Å². The Morgan fingerprint density at radius 3 is 1.59 bits per heavy atom. The summed E-state index contributed by atoms with van der Waals surface area (Å²) in [7, 11) is 0. The average molecular weight is 1160 g/mol. The third-order valence-corrected chi connectivity index (χ3v) is 14.7. The van der Waals surface area contributed by atoms with Crippen LogP contribution >= 0.6 is 63.7 Å². The van der Waals surface area contributed by atoms with Gasteiger partial charge in [-0.1, -0.05) is 22.4 Å². The molecule has 2 amide bonds. The zero-order valence-electron chi connectivity index (χ0n) is 37.3. The largest absolute Gasteiger partial charge is 0.506 e. The van der Waals surface area contributed by atoms with Crippen molar-refractivity contribution in [3.63, 3.8) is 0 Å². The summed E-state index contributed by atoms with van der Waals surface area (Å²) in [6, 6.07) is 11.9. The molecule has 6 aliphatic rings. The summed E-state index contributed by atoms with van der Waals surface area (Å²) in [5.74, 6) is 3.55. The number of aromatic nitrogens is 7. The van der Waals surface area contributed by atoms with E-state index in [2.05, 4.69) is 104 Å². The summed E-state index contributed by atoms with van der Waals surface area (Å²) in [6.45, 7) is 7.65. The molecule has 4 aliphatic carbocycles. The van der Waals surface area contributed by atoms with Gasteiger partial charge in [0.05, 0.1) is 40.7 Å². The summed E-state index contributed by atoms with van der Waals surface area (Å²) in [6.07, 6.45) is 23.3. The first kappa shape index (κ1) is 49.7. The molecule has 4 saturated carbocycles. The summed E-state index contributed by atoms with van der Waals surface area (Å²) in [5.41, 5.74) is 6.19. The standard InChI is InChI=1S/C17H18BrN5O.C12H16N4O.C9H10BrNO.C5H4BrNO.C4H7Br/c1-17(2)14-15(20-6-5-19-14)23(16(17)24)12-7-11(8-12)22-13-4-3-10(18)9-21-13;1-12(2)9-10(15-4-3-14-9)16(11(12)17)8-5-7(13)6-8;10-9-5-4-8(6-11-9)12-7-2-1-3-7;6-5-2-1-4(8)3-7-5;5-4-2-1-3-4/h3-6,9,11-12H,7-8H2,1-2H3,(H,21,22);3-4,7-8H,5-6,13H2,1-2H3;4-7H,1-3H2;1-3,8H;4H,1-3H2. The van der Waals surface area contributed by atoms with Gasteiger partial charge in [0.2, 0.25) is 11.8 Å². The number of ether oxygens (including phenoxy) is 1. The first-order chi connectivity index (χ1) is 31.5. The van der Waals surface area contributed by atoms with Gasteiger partial charge in [-0.15, -0.1) is 0 Å². The number of pyridine rings is 3. The Morgan fingerprint density at radius 1 is 0.667 bits per heavy atom. The fourth-order valence-electron chi connectivity index (χ4n) is 7.84. The van der Waals surface area contributed by atoms with Crippen LogP contribution < -0.4 is 25.6 Å². The normalized spacial score (nSPS) is 22.8. The number of aromatic hydroxyl groups is 1. The highest BCUT2D eigenvalue weighted by atomic mass is 79.9. The van der Waals surface area contributed by atoms with Crippen molar-refractivity contribution in [3.05, 3.63) is 105 Å². The molecule has 2 aliphatic heterocycles. The highest BCUT2D eigenvalue weighted by Crippen LogP contribution is 2.44. The molecule has 0 atom stereocenters. The number of fused-ring (bicyclic) bond motifs is 2. The summed E-state index contributed by atoms with van der Waals surface area (Å²) < 4.78 is 8.16. The van der Waals surface area contributed by atoms with Crippen molar-refractivity contribution in [2.45, 2.75) is 138 Å². The van der Waals surface area contributed by atoms with Crippen LogP contribution in [0.15, 0.2) is 93.5 Å². The molecule has 5 aromatic rings. The van der Waals surface area contributed by atoms with E-state index in [4.69, 9.17) is 15.6 Å². The van der Waals surface area contributed by atoms with Crippen molar-refractivity contribution in [1.82, 2.24) is 34.9 Å². The van der Waals surface area contributed by atoms with Gasteiger partial charge < -0.3 is 20.9 Å². The fourth-order valence-corrected chi connectivity index (χ4v) is 9.19. The smallest absolute Gasteiger partial charge is 0.240 e. The van der Waals surface area contributed by atoms with Gasteiger partial charge in [-0.25, -0.2) is 24.9 Å². The number of amides is 2. The monoisotopic (exact) mass is 1150 g/mol. The van der Waals surface area contributed by atoms with E-state index >= 15 is 0 Å². The Balaban J connectivity index is 0.000000134. The Labute approximate surface area is 419 Å². The number of anilines is 3. The molecule has 4 fully saturated rings. The van der Waals surface area contributed by atoms with Gasteiger partial charge in [-0.3, -0.25) is 29.4 Å². The van der Waals surface area contributed by atoms with Crippen molar-refractivity contribution < 1.29 is 19.4 Å². The maximum Gasteiger partial charge on any atom is 0.240 e. The number of rotatable bonds is 6. The summed E-state index contributed by atoms with van der Waals surface area (Å²) in [5, 5.41) is 12.1. The van der Waals surface area contributed by atoms with E-state index in [1.54, 1.807) is 54.2 Å². The highest BCUT2D eigenvalue weighted by molar-refractivity contribution is 9.11. The van der Waals surface area contributed by atoms with Crippen LogP contribution in [0.5, 0.6) is 11.5 Å². The van der Waals surface area contributed by atoms with Crippen LogP contribution in [-0.2, 0) is 20.4 Å². The topological polar surface area (TPSA) is 198 Å². The lowest BCUT2D eigenvalue weighted by Crippen LogP contribution is -2.53. The predicted octanol–water partition coefficient (Wildman–Crippen LogP) is 9.75. The minimum atomic E-state index is -0.602. The van der Waals surface area contributed by atoms with Crippen molar-refractivity contribution in [2.24, 2.45) is 5.73 Å². The fraction of sp³-hybridized carbons (Fsp3) is 0.468. The molecule has 19 heteroatoms. The van der Waals surface area contributed by atoms with E-state index in [0.717, 1.165) is 78.8 Å². The second-order valence-electron chi connectivity index (χ2n) is 18.1. The van der Waals surface area contributed by atoms with E-state index in [-0.39, 0.29) is 35.7 Å². The Morgan fingerprint density at radius 2 is 1.18 bits per heavy atom. The average Bonchev–Trinajstić information content (AvgIpc) is 3.58. The third-order valence-electron chi connectivity index (χ3n) is 12.4. The molecule has 7 heterocycles. The Kier molecular flexibility index (Phi) is 16.5. The molecule has 0 aromatic carbocycles. The molecule has 15 nitrogen and oxygen atoms in total. The predicted molar refractivity (Wildman–Crippen MR) is 269 cm³/mol. The van der Waals surface area contributed by atoms with Crippen molar-refractivity contribution in [3.8, 4) is 11.5 Å². The number of hydrogen-bond acceptors (Lipinski definition) is 13. The van der Waals surface area contributed by atoms with E-state index in [9.17, 15) is 9.59 Å². The van der Waals surface area contributed by atoms with Gasteiger partial charge >= 0.3 is 0 Å². The first-order valence-corrected chi connectivity index (χ1v) is 25.5. The second kappa shape index (κ2) is 21.8. The molecule has 0 unspecified atom stereocenters. The van der Waals surface area contributed by atoms with E-state index in [0.29, 0.717) is 12.1 Å². The lowest BCUT2D eigenvalue weighted by molar-refractivity contribution is -0.123. The highest BCUT2D eigenvalue weighted by Gasteiger charge is 2.52. The number of nitrogens with one attached hydrogen (secondary N) is 1. The zero-order chi connectivity index (χ0) is 47.2. The quantitative estimate of drug-likeness (QED) is 0.107. The van der Waals surface area contributed by atoms with Gasteiger partial charge in [0.15, 0.2) is 11.6 Å². The van der Waals surface area contributed by atoms with E-state index in [1.807, 2.05) is 56.9 Å². The van der Waals surface area contributed by atoms with Crippen LogP contribution in [0.3, 0.4) is 0 Å². The minimum absolute atomic E-state index is 0.0916. The number of hydrogen-bond donors (Lipinski definition) is 3. The molecule has 0 radical (unpaired) electrons. The number of nitrogens with zero attached hydrogens (tertiary/aromatic N) is 9. The van der Waals surface area contributed by atoms with Gasteiger partial charge in [-0.2, -0.15) is 0 Å². The van der Waals surface area contributed by atoms with Crippen LogP contribution in [0.1, 0.15) is 103 Å². The number of carbonyl (C=O) groups is 2. The summed E-state index contributed by atoms with van der Waals surface area (Å²) in [4.78, 5) is 59.4. The molecule has 0 spiro atoms. The van der Waals surface area contributed by atoms with Crippen molar-refractivity contribution in [1.29, 1.82) is 0 Å². The molecular formula is C47H55Br4N11O4. The Bertz CT molecular complexity index is 2390. The number of nitrogens with two attached hydrogens (primary N) is 1. The molecular weight excluding hydrogens is 1100 g/mol. The number of carbonyl (C=O) groups excluding carboxylic acids is 2. The van der Waals surface area contributed by atoms with Gasteiger partial charge in [0.1, 0.15) is 26.5 Å². The third kappa shape index (κ3) is 11.9. The second-order valence-corrected chi connectivity index (χ2v) is 22.0. The van der Waals surface area contributed by atoms with Crippen LogP contribution in [0, 0.1) is 0 Å². The lowest BCUT2D eigenvalue weighted by atomic mass is 9.84. The molecule has 11 rings (SSSR count). The zero-order valence-corrected chi connectivity index (χ0v) is 43.7. The molecule has 350 valence electrons. The van der Waals surface area contributed by atoms with E-state index in [1.165, 1.54) is 44.7 Å². The molecule has 0 bridgehead atoms. The summed E-state index contributed by atoms with van der Waals surface area (Å²) >= 11 is 13.2. The molecule has 0 saturated heterocycles. The minimum Gasteiger partial charge on any atom is -0.506 e. The van der Waals surface area contributed by atoms with Crippen LogP contribution in [0.25, 0.3) is 0 Å². The van der Waals surface area contributed by atoms with Crippen LogP contribution in [-0.4, -0.2) is 86.9 Å². The molecule has 5 aromatic heterocycles. The molecule has 4 N–H and O–H groups in total. The Hall–Kier alpha value is -4.17. The lowest BCUT2D eigenvalue weighted by Gasteiger charge is -2.41.